The maximum absolute atomic E-state index is 13.3. The zero-order valence-corrected chi connectivity index (χ0v) is 23.4. The fraction of sp³-hybridized carbons (Fsp3) is 0.0625. The fourth-order valence-electron chi connectivity index (χ4n) is 4.13. The van der Waals surface area contributed by atoms with Crippen molar-refractivity contribution >= 4 is 50.2 Å². The average molecular weight is 584 g/mol. The summed E-state index contributed by atoms with van der Waals surface area (Å²) in [4.78, 5) is 12.8. The third-order valence-electron chi connectivity index (χ3n) is 6.24. The number of nitrogens with one attached hydrogen (secondary N) is 1. The van der Waals surface area contributed by atoms with E-state index in [-0.39, 0.29) is 4.90 Å². The van der Waals surface area contributed by atoms with Crippen LogP contribution in [0.2, 0.25) is 5.02 Å². The van der Waals surface area contributed by atoms with Gasteiger partial charge in [-0.05, 0) is 88.6 Å². The van der Waals surface area contributed by atoms with E-state index >= 15 is 0 Å². The molecule has 0 aliphatic carbocycles. The van der Waals surface area contributed by atoms with Crippen LogP contribution in [0.15, 0.2) is 131 Å². The van der Waals surface area contributed by atoms with E-state index in [1.165, 1.54) is 23.7 Å². The lowest BCUT2D eigenvalue weighted by atomic mass is 10.1. The van der Waals surface area contributed by atoms with Gasteiger partial charge in [0.15, 0.2) is 0 Å². The highest BCUT2D eigenvalue weighted by Gasteiger charge is 2.27. The summed E-state index contributed by atoms with van der Waals surface area (Å²) in [6, 6.07) is 35.8. The lowest BCUT2D eigenvalue weighted by molar-refractivity contribution is -0.119. The van der Waals surface area contributed by atoms with Crippen molar-refractivity contribution in [3.63, 3.8) is 0 Å². The van der Waals surface area contributed by atoms with Crippen LogP contribution in [0.5, 0.6) is 5.75 Å². The molecule has 1 amide bonds. The Hall–Kier alpha value is -4.66. The normalized spacial score (nSPS) is 11.4. The SMILES string of the molecule is O=C(CN(c1ccc(Cl)cc1)S(=O)(=O)c1ccccc1)N/N=C\c1ccc(OCc2ccc3ccccc3c2)cc1. The van der Waals surface area contributed by atoms with Gasteiger partial charge in [-0.3, -0.25) is 9.10 Å². The molecule has 0 aliphatic rings. The summed E-state index contributed by atoms with van der Waals surface area (Å²) >= 11 is 5.98. The summed E-state index contributed by atoms with van der Waals surface area (Å²) in [5.74, 6) is 0.0927. The highest BCUT2D eigenvalue weighted by atomic mass is 35.5. The van der Waals surface area contributed by atoms with Gasteiger partial charge in [-0.25, -0.2) is 13.8 Å². The van der Waals surface area contributed by atoms with E-state index in [1.54, 1.807) is 42.5 Å². The molecule has 0 bridgehead atoms. The number of ether oxygens (including phenoxy) is 1. The van der Waals surface area contributed by atoms with Crippen molar-refractivity contribution < 1.29 is 17.9 Å². The topological polar surface area (TPSA) is 88.1 Å². The molecule has 9 heteroatoms. The number of sulfonamides is 1. The standard InChI is InChI=1S/C32H26ClN3O4S/c33-28-14-16-29(17-15-28)36(41(38,39)31-8-2-1-3-9-31)22-32(37)35-34-21-24-11-18-30(19-12-24)40-23-25-10-13-26-6-4-5-7-27(26)20-25/h1-21H,22-23H2,(H,35,37)/b34-21-. The van der Waals surface area contributed by atoms with Crippen LogP contribution in [0.4, 0.5) is 5.69 Å². The number of anilines is 1. The zero-order chi connectivity index (χ0) is 28.7. The van der Waals surface area contributed by atoms with E-state index in [2.05, 4.69) is 34.8 Å². The average Bonchev–Trinajstić information content (AvgIpc) is 3.00. The monoisotopic (exact) mass is 583 g/mol. The number of hydrazone groups is 1. The second-order valence-corrected chi connectivity index (χ2v) is 11.4. The van der Waals surface area contributed by atoms with E-state index < -0.39 is 22.5 Å². The summed E-state index contributed by atoms with van der Waals surface area (Å²) in [5.41, 5.74) is 4.51. The Kier molecular flexibility index (Phi) is 8.62. The van der Waals surface area contributed by atoms with Gasteiger partial charge in [0, 0.05) is 5.02 Å². The number of amides is 1. The summed E-state index contributed by atoms with van der Waals surface area (Å²) in [6.45, 7) is -0.0396. The summed E-state index contributed by atoms with van der Waals surface area (Å²) in [7, 11) is -4.02. The van der Waals surface area contributed by atoms with Gasteiger partial charge >= 0.3 is 0 Å². The molecule has 0 fully saturated rings. The van der Waals surface area contributed by atoms with Crippen LogP contribution in [0.3, 0.4) is 0 Å². The van der Waals surface area contributed by atoms with Gasteiger partial charge in [0.25, 0.3) is 15.9 Å². The molecule has 0 heterocycles. The Morgan fingerprint density at radius 2 is 1.51 bits per heavy atom. The molecule has 0 saturated heterocycles. The number of halogens is 1. The van der Waals surface area contributed by atoms with Crippen molar-refractivity contribution in [3.05, 3.63) is 137 Å². The molecule has 0 radical (unpaired) electrons. The van der Waals surface area contributed by atoms with Crippen LogP contribution in [-0.2, 0) is 21.4 Å². The number of carbonyl (C=O) groups excluding carboxylic acids is 1. The van der Waals surface area contributed by atoms with Crippen LogP contribution in [-0.4, -0.2) is 27.1 Å². The number of hydrogen-bond donors (Lipinski definition) is 1. The molecule has 0 aromatic heterocycles. The first-order chi connectivity index (χ1) is 19.9. The fourth-order valence-corrected chi connectivity index (χ4v) is 5.70. The predicted octanol–water partition coefficient (Wildman–Crippen LogP) is 6.42. The van der Waals surface area contributed by atoms with E-state index in [0.29, 0.717) is 23.1 Å². The van der Waals surface area contributed by atoms with Crippen molar-refractivity contribution in [2.75, 3.05) is 10.8 Å². The van der Waals surface area contributed by atoms with E-state index in [0.717, 1.165) is 20.8 Å². The predicted molar refractivity (Wildman–Crippen MR) is 163 cm³/mol. The van der Waals surface area contributed by atoms with Gasteiger partial charge < -0.3 is 4.74 Å². The van der Waals surface area contributed by atoms with Gasteiger partial charge in [-0.2, -0.15) is 5.10 Å². The van der Waals surface area contributed by atoms with E-state index in [4.69, 9.17) is 16.3 Å². The van der Waals surface area contributed by atoms with E-state index in [1.807, 2.05) is 42.5 Å². The molecule has 41 heavy (non-hydrogen) atoms. The minimum absolute atomic E-state index is 0.0641. The van der Waals surface area contributed by atoms with Crippen LogP contribution in [0.25, 0.3) is 10.8 Å². The number of benzene rings is 5. The van der Waals surface area contributed by atoms with Gasteiger partial charge in [0.1, 0.15) is 18.9 Å². The highest BCUT2D eigenvalue weighted by molar-refractivity contribution is 7.92. The first kappa shape index (κ1) is 27.9. The first-order valence-electron chi connectivity index (χ1n) is 12.7. The summed E-state index contributed by atoms with van der Waals surface area (Å²) in [5, 5.41) is 6.80. The van der Waals surface area contributed by atoms with Crippen LogP contribution in [0.1, 0.15) is 11.1 Å². The molecule has 0 spiro atoms. The molecule has 0 unspecified atom stereocenters. The lowest BCUT2D eigenvalue weighted by Crippen LogP contribution is -2.39. The van der Waals surface area contributed by atoms with Gasteiger partial charge in [0.2, 0.25) is 0 Å². The lowest BCUT2D eigenvalue weighted by Gasteiger charge is -2.23. The molecular formula is C32H26ClN3O4S. The minimum Gasteiger partial charge on any atom is -0.489 e. The molecule has 1 N–H and O–H groups in total. The summed E-state index contributed by atoms with van der Waals surface area (Å²) < 4.78 is 33.6. The Morgan fingerprint density at radius 1 is 0.829 bits per heavy atom. The second kappa shape index (κ2) is 12.7. The minimum atomic E-state index is -4.02. The molecule has 5 aromatic rings. The number of fused-ring (bicyclic) bond motifs is 1. The molecular weight excluding hydrogens is 558 g/mol. The number of rotatable bonds is 10. The second-order valence-electron chi connectivity index (χ2n) is 9.13. The van der Waals surface area contributed by atoms with Crippen molar-refractivity contribution in [3.8, 4) is 5.75 Å². The quantitative estimate of drug-likeness (QED) is 0.152. The third-order valence-corrected chi connectivity index (χ3v) is 8.28. The Labute approximate surface area is 243 Å². The Bertz CT molecular complexity index is 1780. The maximum Gasteiger partial charge on any atom is 0.264 e. The molecule has 0 atom stereocenters. The van der Waals surface area contributed by atoms with Crippen molar-refractivity contribution in [1.82, 2.24) is 5.43 Å². The molecule has 206 valence electrons. The number of nitrogens with zero attached hydrogens (tertiary/aromatic N) is 2. The first-order valence-corrected chi connectivity index (χ1v) is 14.6. The van der Waals surface area contributed by atoms with Crippen molar-refractivity contribution in [2.45, 2.75) is 11.5 Å². The van der Waals surface area contributed by atoms with E-state index in [9.17, 15) is 13.2 Å². The third kappa shape index (κ3) is 7.11. The van der Waals surface area contributed by atoms with Gasteiger partial charge in [0.05, 0.1) is 16.8 Å². The van der Waals surface area contributed by atoms with Crippen molar-refractivity contribution in [1.29, 1.82) is 0 Å². The zero-order valence-electron chi connectivity index (χ0n) is 21.9. The number of carbonyl (C=O) groups is 1. The Balaban J connectivity index is 1.20. The smallest absolute Gasteiger partial charge is 0.264 e. The molecule has 0 aliphatic heterocycles. The molecule has 7 nitrogen and oxygen atoms in total. The van der Waals surface area contributed by atoms with Gasteiger partial charge in [-0.15, -0.1) is 0 Å². The largest absolute Gasteiger partial charge is 0.489 e. The van der Waals surface area contributed by atoms with Crippen LogP contribution < -0.4 is 14.5 Å². The van der Waals surface area contributed by atoms with Crippen LogP contribution >= 0.6 is 11.6 Å². The molecule has 5 aromatic carbocycles. The molecule has 5 rings (SSSR count). The van der Waals surface area contributed by atoms with Crippen LogP contribution in [0, 0.1) is 0 Å². The van der Waals surface area contributed by atoms with Gasteiger partial charge in [-0.1, -0.05) is 66.2 Å². The highest BCUT2D eigenvalue weighted by Crippen LogP contribution is 2.25. The Morgan fingerprint density at radius 3 is 2.24 bits per heavy atom. The maximum atomic E-state index is 13.3. The molecule has 0 saturated carbocycles. The number of hydrogen-bond acceptors (Lipinski definition) is 5. The van der Waals surface area contributed by atoms with Crippen molar-refractivity contribution in [2.24, 2.45) is 5.10 Å². The summed E-state index contributed by atoms with van der Waals surface area (Å²) in [6.07, 6.45) is 1.48.